The van der Waals surface area contributed by atoms with E-state index in [0.29, 0.717) is 22.7 Å². The SMILES string of the molecule is CC=C(CC[C@@H](C)[C@H]1CC[C@H]2C3=CC[C@H]4C[C@@H](O)CC[C@]4(C)[C@H]3CC[C@]12C)C(C)C. The maximum absolute atomic E-state index is 10.3. The molecule has 3 fully saturated rings. The number of rotatable bonds is 5. The van der Waals surface area contributed by atoms with Crippen molar-refractivity contribution >= 4 is 0 Å². The van der Waals surface area contributed by atoms with Gasteiger partial charge >= 0.3 is 0 Å². The highest BCUT2D eigenvalue weighted by Crippen LogP contribution is 2.67. The van der Waals surface area contributed by atoms with E-state index >= 15 is 0 Å². The summed E-state index contributed by atoms with van der Waals surface area (Å²) in [4.78, 5) is 0. The molecule has 1 heteroatoms. The molecule has 8 atom stereocenters. The van der Waals surface area contributed by atoms with Gasteiger partial charge in [0.05, 0.1) is 6.10 Å². The fourth-order valence-electron chi connectivity index (χ4n) is 8.83. The minimum atomic E-state index is -0.0449. The molecular formula is C29H48O. The molecule has 4 aliphatic rings. The van der Waals surface area contributed by atoms with E-state index in [1.807, 2.05) is 5.57 Å². The zero-order chi connectivity index (χ0) is 21.7. The highest BCUT2D eigenvalue weighted by Gasteiger charge is 2.58. The fourth-order valence-corrected chi connectivity index (χ4v) is 8.83. The van der Waals surface area contributed by atoms with E-state index in [2.05, 4.69) is 53.7 Å². The number of aliphatic hydroxyl groups excluding tert-OH is 1. The van der Waals surface area contributed by atoms with Crippen molar-refractivity contribution in [2.24, 2.45) is 46.3 Å². The summed E-state index contributed by atoms with van der Waals surface area (Å²) in [5, 5.41) is 10.3. The van der Waals surface area contributed by atoms with Crippen LogP contribution in [0, 0.1) is 46.3 Å². The minimum Gasteiger partial charge on any atom is -0.393 e. The molecule has 0 aromatic heterocycles. The van der Waals surface area contributed by atoms with Crippen LogP contribution < -0.4 is 0 Å². The van der Waals surface area contributed by atoms with Crippen molar-refractivity contribution in [1.82, 2.24) is 0 Å². The zero-order valence-electron chi connectivity index (χ0n) is 20.7. The van der Waals surface area contributed by atoms with Crippen molar-refractivity contribution in [3.05, 3.63) is 23.3 Å². The lowest BCUT2D eigenvalue weighted by molar-refractivity contribution is -0.0427. The molecule has 0 aromatic carbocycles. The van der Waals surface area contributed by atoms with Crippen molar-refractivity contribution < 1.29 is 5.11 Å². The van der Waals surface area contributed by atoms with E-state index in [-0.39, 0.29) is 6.10 Å². The predicted molar refractivity (Wildman–Crippen MR) is 128 cm³/mol. The first-order valence-corrected chi connectivity index (χ1v) is 13.2. The largest absolute Gasteiger partial charge is 0.393 e. The van der Waals surface area contributed by atoms with E-state index in [1.54, 1.807) is 5.57 Å². The van der Waals surface area contributed by atoms with Crippen LogP contribution in [0.25, 0.3) is 0 Å². The van der Waals surface area contributed by atoms with Crippen LogP contribution in [0.3, 0.4) is 0 Å². The molecule has 1 N–H and O–H groups in total. The zero-order valence-corrected chi connectivity index (χ0v) is 20.7. The number of aliphatic hydroxyl groups is 1. The Bertz CT molecular complexity index is 686. The van der Waals surface area contributed by atoms with Gasteiger partial charge in [0.1, 0.15) is 0 Å². The fraction of sp³-hybridized carbons (Fsp3) is 0.862. The topological polar surface area (TPSA) is 20.2 Å². The molecule has 0 amide bonds. The van der Waals surface area contributed by atoms with E-state index in [1.165, 1.54) is 51.4 Å². The Balaban J connectivity index is 1.50. The smallest absolute Gasteiger partial charge is 0.0543 e. The molecule has 0 radical (unpaired) electrons. The average Bonchev–Trinajstić information content (AvgIpc) is 3.06. The first-order valence-electron chi connectivity index (χ1n) is 13.2. The average molecular weight is 413 g/mol. The Labute approximate surface area is 186 Å². The van der Waals surface area contributed by atoms with Crippen LogP contribution in [-0.4, -0.2) is 11.2 Å². The van der Waals surface area contributed by atoms with E-state index in [9.17, 15) is 5.11 Å². The predicted octanol–water partition coefficient (Wildman–Crippen LogP) is 7.94. The van der Waals surface area contributed by atoms with Gasteiger partial charge in [0, 0.05) is 0 Å². The number of fused-ring (bicyclic) bond motifs is 5. The normalized spacial score (nSPS) is 44.9. The van der Waals surface area contributed by atoms with Gasteiger partial charge in [0.15, 0.2) is 0 Å². The highest BCUT2D eigenvalue weighted by molar-refractivity contribution is 5.27. The minimum absolute atomic E-state index is 0.0449. The summed E-state index contributed by atoms with van der Waals surface area (Å²) < 4.78 is 0. The third kappa shape index (κ3) is 3.66. The van der Waals surface area contributed by atoms with E-state index in [4.69, 9.17) is 0 Å². The second-order valence-electron chi connectivity index (χ2n) is 12.4. The van der Waals surface area contributed by atoms with Gasteiger partial charge < -0.3 is 5.11 Å². The van der Waals surface area contributed by atoms with Gasteiger partial charge in [0.25, 0.3) is 0 Å². The van der Waals surface area contributed by atoms with Crippen molar-refractivity contribution in [2.75, 3.05) is 0 Å². The van der Waals surface area contributed by atoms with Crippen LogP contribution in [0.15, 0.2) is 23.3 Å². The Hall–Kier alpha value is -0.560. The van der Waals surface area contributed by atoms with Crippen LogP contribution in [0.1, 0.15) is 106 Å². The molecule has 0 bridgehead atoms. The molecule has 4 aliphatic carbocycles. The molecule has 0 heterocycles. The number of allylic oxidation sites excluding steroid dienone is 4. The van der Waals surface area contributed by atoms with Crippen LogP contribution in [0.5, 0.6) is 0 Å². The summed E-state index contributed by atoms with van der Waals surface area (Å²) in [6.45, 7) is 14.7. The number of hydrogen-bond donors (Lipinski definition) is 1. The molecule has 170 valence electrons. The Kier molecular flexibility index (Phi) is 6.35. The number of hydrogen-bond acceptors (Lipinski definition) is 1. The van der Waals surface area contributed by atoms with Crippen molar-refractivity contribution in [3.63, 3.8) is 0 Å². The van der Waals surface area contributed by atoms with Crippen LogP contribution in [0.2, 0.25) is 0 Å². The van der Waals surface area contributed by atoms with Crippen molar-refractivity contribution in [2.45, 2.75) is 112 Å². The molecule has 0 saturated heterocycles. The standard InChI is InChI=1S/C29H48O/c1-7-21(19(2)3)9-8-20(4)25-12-13-26-24-11-10-22-18-23(30)14-16-28(22,5)27(24)15-17-29(25,26)6/h7,11,19-20,22-23,25-27,30H,8-10,12-18H2,1-6H3/t20-,22+,23+,25-,26+,27+,28+,29-/m1/s1. The highest BCUT2D eigenvalue weighted by atomic mass is 16.3. The van der Waals surface area contributed by atoms with Crippen LogP contribution in [-0.2, 0) is 0 Å². The molecule has 30 heavy (non-hydrogen) atoms. The second kappa shape index (κ2) is 8.42. The first-order chi connectivity index (χ1) is 14.2. The maximum Gasteiger partial charge on any atom is 0.0543 e. The van der Waals surface area contributed by atoms with Crippen LogP contribution >= 0.6 is 0 Å². The summed E-state index contributed by atoms with van der Waals surface area (Å²) in [5.41, 5.74) is 4.49. The third-order valence-corrected chi connectivity index (χ3v) is 10.8. The lowest BCUT2D eigenvalue weighted by Gasteiger charge is -2.57. The molecule has 3 saturated carbocycles. The molecule has 0 aliphatic heterocycles. The Morgan fingerprint density at radius 3 is 2.47 bits per heavy atom. The van der Waals surface area contributed by atoms with E-state index < -0.39 is 0 Å². The monoisotopic (exact) mass is 412 g/mol. The molecule has 0 aromatic rings. The van der Waals surface area contributed by atoms with Gasteiger partial charge in [0.2, 0.25) is 0 Å². The summed E-state index contributed by atoms with van der Waals surface area (Å²) in [7, 11) is 0. The van der Waals surface area contributed by atoms with E-state index in [0.717, 1.165) is 36.5 Å². The third-order valence-electron chi connectivity index (χ3n) is 10.8. The lowest BCUT2D eigenvalue weighted by Crippen LogP contribution is -2.49. The quantitative estimate of drug-likeness (QED) is 0.454. The van der Waals surface area contributed by atoms with Gasteiger partial charge in [-0.2, -0.15) is 0 Å². The van der Waals surface area contributed by atoms with Gasteiger partial charge in [-0.25, -0.2) is 0 Å². The molecular weight excluding hydrogens is 364 g/mol. The van der Waals surface area contributed by atoms with Crippen LogP contribution in [0.4, 0.5) is 0 Å². The Morgan fingerprint density at radius 1 is 1.07 bits per heavy atom. The van der Waals surface area contributed by atoms with Gasteiger partial charge in [-0.3, -0.25) is 0 Å². The molecule has 4 rings (SSSR count). The summed E-state index contributed by atoms with van der Waals surface area (Å²) in [6.07, 6.45) is 17.9. The van der Waals surface area contributed by atoms with Gasteiger partial charge in [-0.1, -0.05) is 57.9 Å². The first kappa shape index (κ1) is 22.6. The Morgan fingerprint density at radius 2 is 1.77 bits per heavy atom. The molecule has 0 unspecified atom stereocenters. The molecule has 1 nitrogen and oxygen atoms in total. The lowest BCUT2D eigenvalue weighted by atomic mass is 9.47. The van der Waals surface area contributed by atoms with Crippen molar-refractivity contribution in [1.29, 1.82) is 0 Å². The molecule has 0 spiro atoms. The van der Waals surface area contributed by atoms with Gasteiger partial charge in [-0.05, 0) is 117 Å². The summed E-state index contributed by atoms with van der Waals surface area (Å²) in [5.74, 6) is 4.77. The summed E-state index contributed by atoms with van der Waals surface area (Å²) >= 11 is 0. The summed E-state index contributed by atoms with van der Waals surface area (Å²) in [6, 6.07) is 0. The maximum atomic E-state index is 10.3. The van der Waals surface area contributed by atoms with Crippen molar-refractivity contribution in [3.8, 4) is 0 Å². The second-order valence-corrected chi connectivity index (χ2v) is 12.4. The van der Waals surface area contributed by atoms with Gasteiger partial charge in [-0.15, -0.1) is 0 Å².